The van der Waals surface area contributed by atoms with Gasteiger partial charge in [0.2, 0.25) is 5.90 Å². The summed E-state index contributed by atoms with van der Waals surface area (Å²) in [5, 5.41) is 0. The molecule has 0 fully saturated rings. The van der Waals surface area contributed by atoms with Gasteiger partial charge in [0.25, 0.3) is 0 Å². The predicted octanol–water partition coefficient (Wildman–Crippen LogP) is 1.81. The minimum atomic E-state index is 0.661. The Bertz CT molecular complexity index is 407. The largest absolute Gasteiger partial charge is 0.476 e. The lowest BCUT2D eigenvalue weighted by Gasteiger charge is -2.07. The van der Waals surface area contributed by atoms with Crippen molar-refractivity contribution in [1.29, 1.82) is 0 Å². The highest BCUT2D eigenvalue weighted by atomic mass is 16.5. The molecule has 1 heterocycles. The first kappa shape index (κ1) is 9.77. The molecule has 1 aliphatic heterocycles. The van der Waals surface area contributed by atoms with Crippen LogP contribution in [0.1, 0.15) is 12.5 Å². The molecule has 0 atom stereocenters. The molecule has 1 aliphatic rings. The van der Waals surface area contributed by atoms with E-state index in [1.807, 2.05) is 37.3 Å². The summed E-state index contributed by atoms with van der Waals surface area (Å²) in [6.07, 6.45) is 0. The zero-order valence-electron chi connectivity index (χ0n) is 8.73. The average Bonchev–Trinajstić information content (AvgIpc) is 2.82. The Balaban J connectivity index is 2.32. The maximum absolute atomic E-state index is 6.04. The first-order chi connectivity index (χ1) is 7.29. The molecule has 1 aromatic carbocycles. The van der Waals surface area contributed by atoms with Gasteiger partial charge in [0, 0.05) is 11.3 Å². The normalized spacial score (nSPS) is 16.7. The molecule has 0 unspecified atom stereocenters. The fraction of sp³-hybridized carbons (Fsp3) is 0.250. The summed E-state index contributed by atoms with van der Waals surface area (Å²) in [6.45, 7) is 3.33. The van der Waals surface area contributed by atoms with Crippen molar-refractivity contribution in [2.24, 2.45) is 10.7 Å². The van der Waals surface area contributed by atoms with Crippen molar-refractivity contribution < 1.29 is 4.74 Å². The predicted molar refractivity (Wildman–Crippen MR) is 61.5 cm³/mol. The van der Waals surface area contributed by atoms with E-state index in [1.54, 1.807) is 0 Å². The third-order valence-corrected chi connectivity index (χ3v) is 2.40. The number of benzene rings is 1. The zero-order valence-corrected chi connectivity index (χ0v) is 8.73. The fourth-order valence-electron chi connectivity index (χ4n) is 1.51. The summed E-state index contributed by atoms with van der Waals surface area (Å²) >= 11 is 0. The highest BCUT2D eigenvalue weighted by Crippen LogP contribution is 2.16. The van der Waals surface area contributed by atoms with Gasteiger partial charge in [-0.2, -0.15) is 0 Å². The third kappa shape index (κ3) is 2.01. The third-order valence-electron chi connectivity index (χ3n) is 2.40. The summed E-state index contributed by atoms with van der Waals surface area (Å²) in [4.78, 5) is 4.24. The maximum atomic E-state index is 6.04. The van der Waals surface area contributed by atoms with Gasteiger partial charge < -0.3 is 10.5 Å². The van der Waals surface area contributed by atoms with Gasteiger partial charge in [-0.05, 0) is 12.5 Å². The van der Waals surface area contributed by atoms with Crippen molar-refractivity contribution in [2.75, 3.05) is 13.2 Å². The summed E-state index contributed by atoms with van der Waals surface area (Å²) in [5.74, 6) is 0.677. The van der Waals surface area contributed by atoms with E-state index in [0.717, 1.165) is 23.4 Å². The summed E-state index contributed by atoms with van der Waals surface area (Å²) in [6, 6.07) is 9.86. The van der Waals surface area contributed by atoms with Crippen LogP contribution in [0.2, 0.25) is 0 Å². The van der Waals surface area contributed by atoms with Crippen molar-refractivity contribution in [2.45, 2.75) is 6.92 Å². The van der Waals surface area contributed by atoms with Crippen LogP contribution in [0.25, 0.3) is 5.70 Å². The molecule has 15 heavy (non-hydrogen) atoms. The number of ether oxygens (including phenoxy) is 1. The van der Waals surface area contributed by atoms with Gasteiger partial charge in [-0.25, -0.2) is 4.99 Å². The SMILES string of the molecule is C/C(C1=NCCO1)=C(/N)c1ccccc1. The molecule has 78 valence electrons. The Morgan fingerprint density at radius 1 is 1.33 bits per heavy atom. The van der Waals surface area contributed by atoms with E-state index in [-0.39, 0.29) is 0 Å². The molecule has 0 saturated carbocycles. The van der Waals surface area contributed by atoms with Crippen molar-refractivity contribution in [3.8, 4) is 0 Å². The van der Waals surface area contributed by atoms with Gasteiger partial charge >= 0.3 is 0 Å². The van der Waals surface area contributed by atoms with Crippen LogP contribution in [0.15, 0.2) is 40.9 Å². The molecule has 0 saturated heterocycles. The Morgan fingerprint density at radius 3 is 2.67 bits per heavy atom. The number of rotatable bonds is 2. The van der Waals surface area contributed by atoms with Crippen LogP contribution in [0.3, 0.4) is 0 Å². The van der Waals surface area contributed by atoms with Crippen molar-refractivity contribution in [3.05, 3.63) is 41.5 Å². The molecule has 0 aliphatic carbocycles. The maximum Gasteiger partial charge on any atom is 0.213 e. The standard InChI is InChI=1S/C12H14N2O/c1-9(12-14-7-8-15-12)11(13)10-5-3-2-4-6-10/h2-6H,7-8,13H2,1H3/b11-9-. The molecule has 0 spiro atoms. The van der Waals surface area contributed by atoms with Crippen LogP contribution in [0.4, 0.5) is 0 Å². The highest BCUT2D eigenvalue weighted by Gasteiger charge is 2.12. The van der Waals surface area contributed by atoms with Gasteiger partial charge in [0.15, 0.2) is 0 Å². The van der Waals surface area contributed by atoms with Crippen molar-refractivity contribution >= 4 is 11.6 Å². The van der Waals surface area contributed by atoms with Crippen molar-refractivity contribution in [1.82, 2.24) is 0 Å². The van der Waals surface area contributed by atoms with Gasteiger partial charge in [0.05, 0.1) is 6.54 Å². The Hall–Kier alpha value is -1.77. The van der Waals surface area contributed by atoms with E-state index in [2.05, 4.69) is 4.99 Å². The molecule has 2 N–H and O–H groups in total. The first-order valence-electron chi connectivity index (χ1n) is 4.98. The first-order valence-corrected chi connectivity index (χ1v) is 4.98. The van der Waals surface area contributed by atoms with E-state index < -0.39 is 0 Å². The Kier molecular flexibility index (Phi) is 2.72. The molecule has 3 heteroatoms. The van der Waals surface area contributed by atoms with Gasteiger partial charge in [0.1, 0.15) is 6.61 Å². The topological polar surface area (TPSA) is 47.6 Å². The van der Waals surface area contributed by atoms with Crippen LogP contribution >= 0.6 is 0 Å². The summed E-state index contributed by atoms with van der Waals surface area (Å²) in [7, 11) is 0. The van der Waals surface area contributed by atoms with E-state index in [1.165, 1.54) is 0 Å². The molecule has 3 nitrogen and oxygen atoms in total. The molecule has 0 aromatic heterocycles. The van der Waals surface area contributed by atoms with Crippen LogP contribution < -0.4 is 5.73 Å². The number of nitrogens with two attached hydrogens (primary N) is 1. The molecular weight excluding hydrogens is 188 g/mol. The minimum Gasteiger partial charge on any atom is -0.476 e. The van der Waals surface area contributed by atoms with Crippen LogP contribution in [-0.2, 0) is 4.74 Å². The lowest BCUT2D eigenvalue weighted by atomic mass is 10.1. The summed E-state index contributed by atoms with van der Waals surface area (Å²) < 4.78 is 5.37. The van der Waals surface area contributed by atoms with Crippen LogP contribution in [0.5, 0.6) is 0 Å². The van der Waals surface area contributed by atoms with E-state index in [0.29, 0.717) is 12.5 Å². The fourth-order valence-corrected chi connectivity index (χ4v) is 1.51. The zero-order chi connectivity index (χ0) is 10.7. The highest BCUT2D eigenvalue weighted by molar-refractivity contribution is 6.00. The van der Waals surface area contributed by atoms with E-state index >= 15 is 0 Å². The Labute approximate surface area is 89.3 Å². The molecule has 1 aromatic rings. The van der Waals surface area contributed by atoms with E-state index in [9.17, 15) is 0 Å². The quantitative estimate of drug-likeness (QED) is 0.795. The van der Waals surface area contributed by atoms with Crippen molar-refractivity contribution in [3.63, 3.8) is 0 Å². The molecule has 0 radical (unpaired) electrons. The monoisotopic (exact) mass is 202 g/mol. The number of aliphatic imine (C=N–C) groups is 1. The molecule has 0 bridgehead atoms. The minimum absolute atomic E-state index is 0.661. The molecule has 0 amide bonds. The smallest absolute Gasteiger partial charge is 0.213 e. The molecular formula is C12H14N2O. The molecule has 2 rings (SSSR count). The van der Waals surface area contributed by atoms with Crippen LogP contribution in [0, 0.1) is 0 Å². The van der Waals surface area contributed by atoms with Gasteiger partial charge in [-0.1, -0.05) is 30.3 Å². The summed E-state index contributed by atoms with van der Waals surface area (Å²) in [5.41, 5.74) is 8.69. The second-order valence-electron chi connectivity index (χ2n) is 3.44. The average molecular weight is 202 g/mol. The van der Waals surface area contributed by atoms with Gasteiger partial charge in [-0.3, -0.25) is 0 Å². The second-order valence-corrected chi connectivity index (χ2v) is 3.44. The number of hydrogen-bond donors (Lipinski definition) is 1. The number of nitrogens with zero attached hydrogens (tertiary/aromatic N) is 1. The lowest BCUT2D eigenvalue weighted by molar-refractivity contribution is 0.347. The number of hydrogen-bond acceptors (Lipinski definition) is 3. The van der Waals surface area contributed by atoms with Gasteiger partial charge in [-0.15, -0.1) is 0 Å². The van der Waals surface area contributed by atoms with E-state index in [4.69, 9.17) is 10.5 Å². The van der Waals surface area contributed by atoms with Crippen LogP contribution in [-0.4, -0.2) is 19.0 Å². The Morgan fingerprint density at radius 2 is 2.07 bits per heavy atom. The second kappa shape index (κ2) is 4.17. The lowest BCUT2D eigenvalue weighted by Crippen LogP contribution is -2.08.